The van der Waals surface area contributed by atoms with Crippen molar-refractivity contribution in [2.75, 3.05) is 44.7 Å². The number of hydrogen-bond donors (Lipinski definition) is 0. The zero-order valence-corrected chi connectivity index (χ0v) is 23.1. The van der Waals surface area contributed by atoms with Crippen molar-refractivity contribution in [1.29, 1.82) is 0 Å². The summed E-state index contributed by atoms with van der Waals surface area (Å²) < 4.78 is 2.04. The van der Waals surface area contributed by atoms with Gasteiger partial charge in [-0.3, -0.25) is 4.79 Å². The van der Waals surface area contributed by atoms with E-state index < -0.39 is 0 Å². The number of hydrogen-bond acceptors (Lipinski definition) is 4. The Hall–Kier alpha value is -2.54. The summed E-state index contributed by atoms with van der Waals surface area (Å²) in [4.78, 5) is 20.4. The predicted molar refractivity (Wildman–Crippen MR) is 149 cm³/mol. The van der Waals surface area contributed by atoms with Crippen LogP contribution in [0.1, 0.15) is 41.9 Å². The van der Waals surface area contributed by atoms with Gasteiger partial charge in [0.25, 0.3) is 5.91 Å². The lowest BCUT2D eigenvalue weighted by Gasteiger charge is -2.35. The van der Waals surface area contributed by atoms with E-state index in [4.69, 9.17) is 28.3 Å². The molecular weight excluding hydrogens is 493 g/mol. The minimum atomic E-state index is -0.0893. The molecule has 192 valence electrons. The normalized spacial score (nSPS) is 14.5. The third-order valence-electron chi connectivity index (χ3n) is 6.73. The van der Waals surface area contributed by atoms with E-state index in [0.29, 0.717) is 34.6 Å². The molecule has 0 unspecified atom stereocenters. The van der Waals surface area contributed by atoms with E-state index in [1.807, 2.05) is 34.7 Å². The van der Waals surface area contributed by atoms with Gasteiger partial charge in [-0.2, -0.15) is 5.10 Å². The number of rotatable bonds is 8. The highest BCUT2D eigenvalue weighted by Gasteiger charge is 2.28. The third-order valence-corrected chi connectivity index (χ3v) is 7.28. The van der Waals surface area contributed by atoms with Crippen LogP contribution < -0.4 is 4.90 Å². The van der Waals surface area contributed by atoms with E-state index in [0.717, 1.165) is 55.4 Å². The number of benzene rings is 2. The van der Waals surface area contributed by atoms with Crippen molar-refractivity contribution >= 4 is 34.9 Å². The van der Waals surface area contributed by atoms with E-state index in [-0.39, 0.29) is 5.91 Å². The number of anilines is 1. The molecule has 0 saturated carbocycles. The molecule has 0 radical (unpaired) electrons. The van der Waals surface area contributed by atoms with Gasteiger partial charge in [0.15, 0.2) is 0 Å². The molecule has 0 aliphatic carbocycles. The molecule has 1 amide bonds. The number of carbonyl (C=O) groups excluding carboxylic acids is 1. The van der Waals surface area contributed by atoms with Gasteiger partial charge in [0, 0.05) is 43.3 Å². The Kier molecular flexibility index (Phi) is 8.60. The lowest BCUT2D eigenvalue weighted by molar-refractivity contribution is 0.0735. The van der Waals surface area contributed by atoms with Crippen molar-refractivity contribution in [3.05, 3.63) is 75.4 Å². The highest BCUT2D eigenvalue weighted by Crippen LogP contribution is 2.31. The molecule has 8 heteroatoms. The molecule has 0 spiro atoms. The van der Waals surface area contributed by atoms with Crippen LogP contribution in [0.5, 0.6) is 0 Å². The van der Waals surface area contributed by atoms with Crippen molar-refractivity contribution in [2.24, 2.45) is 5.92 Å². The molecule has 1 aromatic heterocycles. The molecule has 1 aliphatic heterocycles. The zero-order chi connectivity index (χ0) is 25.8. The molecular formula is C28H35Cl2N5O. The Balaban J connectivity index is 1.75. The largest absolute Gasteiger partial charge is 0.354 e. The van der Waals surface area contributed by atoms with Gasteiger partial charge in [-0.25, -0.2) is 4.68 Å². The monoisotopic (exact) mass is 527 g/mol. The van der Waals surface area contributed by atoms with Crippen LogP contribution in [0.3, 0.4) is 0 Å². The van der Waals surface area contributed by atoms with Crippen molar-refractivity contribution in [1.82, 2.24) is 19.6 Å². The van der Waals surface area contributed by atoms with Gasteiger partial charge in [-0.15, -0.1) is 0 Å². The second-order valence-electron chi connectivity index (χ2n) is 9.96. The summed E-state index contributed by atoms with van der Waals surface area (Å²) in [7, 11) is 2.15. The van der Waals surface area contributed by atoms with E-state index in [1.165, 1.54) is 0 Å². The van der Waals surface area contributed by atoms with Crippen LogP contribution in [0.4, 0.5) is 5.82 Å². The second kappa shape index (κ2) is 11.7. The molecule has 0 atom stereocenters. The number of piperazine rings is 1. The molecule has 3 aromatic rings. The van der Waals surface area contributed by atoms with Gasteiger partial charge in [-0.1, -0.05) is 55.2 Å². The number of aryl methyl sites for hydroxylation is 1. The lowest BCUT2D eigenvalue weighted by Crippen LogP contribution is -2.45. The van der Waals surface area contributed by atoms with E-state index in [9.17, 15) is 4.79 Å². The first-order valence-electron chi connectivity index (χ1n) is 12.6. The zero-order valence-electron chi connectivity index (χ0n) is 21.5. The number of likely N-dealkylation sites (N-methyl/N-ethyl adjacent to an activating group) is 1. The highest BCUT2D eigenvalue weighted by atomic mass is 35.5. The topological polar surface area (TPSA) is 44.6 Å². The van der Waals surface area contributed by atoms with Crippen LogP contribution in [-0.4, -0.2) is 65.3 Å². The van der Waals surface area contributed by atoms with Gasteiger partial charge in [-0.05, 0) is 56.6 Å². The summed E-state index contributed by atoms with van der Waals surface area (Å²) in [6.07, 6.45) is 0.895. The Morgan fingerprint density at radius 1 is 1.06 bits per heavy atom. The van der Waals surface area contributed by atoms with Crippen LogP contribution in [0.2, 0.25) is 10.0 Å². The summed E-state index contributed by atoms with van der Waals surface area (Å²) in [5.74, 6) is 1.44. The van der Waals surface area contributed by atoms with E-state index >= 15 is 0 Å². The first kappa shape index (κ1) is 26.5. The van der Waals surface area contributed by atoms with Gasteiger partial charge in [0.1, 0.15) is 5.82 Å². The smallest absolute Gasteiger partial charge is 0.255 e. The fourth-order valence-electron chi connectivity index (χ4n) is 4.52. The predicted octanol–water partition coefficient (Wildman–Crippen LogP) is 5.93. The van der Waals surface area contributed by atoms with Crippen LogP contribution in [0.15, 0.2) is 48.5 Å². The Morgan fingerprint density at radius 3 is 2.39 bits per heavy atom. The van der Waals surface area contributed by atoms with Gasteiger partial charge in [0.2, 0.25) is 0 Å². The summed E-state index contributed by atoms with van der Waals surface area (Å²) in [6.45, 7) is 11.3. The molecule has 0 N–H and O–H groups in total. The van der Waals surface area contributed by atoms with Gasteiger partial charge < -0.3 is 14.7 Å². The molecule has 2 heterocycles. The number of halogens is 2. The van der Waals surface area contributed by atoms with Crippen molar-refractivity contribution in [3.63, 3.8) is 0 Å². The minimum absolute atomic E-state index is 0.0893. The van der Waals surface area contributed by atoms with Crippen LogP contribution >= 0.6 is 23.2 Å². The molecule has 36 heavy (non-hydrogen) atoms. The maximum absolute atomic E-state index is 13.8. The van der Waals surface area contributed by atoms with Crippen molar-refractivity contribution < 1.29 is 4.79 Å². The SMILES string of the molecule is Cc1nn(-c2ccccc2)c(N2CCN(C)CC2)c1CN(CCC(C)C)C(=O)c1ccc(Cl)cc1Cl. The minimum Gasteiger partial charge on any atom is -0.354 e. The first-order chi connectivity index (χ1) is 17.2. The fourth-order valence-corrected chi connectivity index (χ4v) is 5.00. The highest BCUT2D eigenvalue weighted by molar-refractivity contribution is 6.36. The first-order valence-corrected chi connectivity index (χ1v) is 13.3. The van der Waals surface area contributed by atoms with Crippen LogP contribution in [0.25, 0.3) is 5.69 Å². The van der Waals surface area contributed by atoms with E-state index in [2.05, 4.69) is 42.8 Å². The molecule has 6 nitrogen and oxygen atoms in total. The number of carbonyl (C=O) groups is 1. The summed E-state index contributed by atoms with van der Waals surface area (Å²) >= 11 is 12.6. The Labute approximate surface area is 224 Å². The quantitative estimate of drug-likeness (QED) is 0.364. The summed E-state index contributed by atoms with van der Waals surface area (Å²) in [5.41, 5.74) is 3.49. The second-order valence-corrected chi connectivity index (χ2v) is 10.8. The Morgan fingerprint density at radius 2 is 1.75 bits per heavy atom. The lowest BCUT2D eigenvalue weighted by atomic mass is 10.1. The number of aromatic nitrogens is 2. The van der Waals surface area contributed by atoms with E-state index in [1.54, 1.807) is 18.2 Å². The summed E-state index contributed by atoms with van der Waals surface area (Å²) in [5, 5.41) is 5.85. The third kappa shape index (κ3) is 6.05. The standard InChI is InChI=1S/C28H35Cl2N5O/c1-20(2)12-13-34(28(36)24-11-10-22(29)18-26(24)30)19-25-21(3)31-35(23-8-6-5-7-9-23)27(25)33-16-14-32(4)15-17-33/h5-11,18,20H,12-17,19H2,1-4H3. The van der Waals surface area contributed by atoms with Crippen molar-refractivity contribution in [2.45, 2.75) is 33.7 Å². The number of para-hydroxylation sites is 1. The molecule has 1 fully saturated rings. The van der Waals surface area contributed by atoms with Crippen molar-refractivity contribution in [3.8, 4) is 5.69 Å². The molecule has 0 bridgehead atoms. The maximum Gasteiger partial charge on any atom is 0.255 e. The summed E-state index contributed by atoms with van der Waals surface area (Å²) in [6, 6.07) is 15.3. The van der Waals surface area contributed by atoms with Gasteiger partial charge in [0.05, 0.1) is 28.5 Å². The number of nitrogens with zero attached hydrogens (tertiary/aromatic N) is 5. The van der Waals surface area contributed by atoms with Gasteiger partial charge >= 0.3 is 0 Å². The molecule has 4 rings (SSSR count). The molecule has 2 aromatic carbocycles. The fraction of sp³-hybridized carbons (Fsp3) is 0.429. The van der Waals surface area contributed by atoms with Crippen LogP contribution in [-0.2, 0) is 6.54 Å². The number of amides is 1. The Bertz CT molecular complexity index is 1190. The molecule has 1 aliphatic rings. The average molecular weight is 529 g/mol. The molecule has 1 saturated heterocycles. The van der Waals surface area contributed by atoms with Crippen LogP contribution in [0, 0.1) is 12.8 Å². The maximum atomic E-state index is 13.8. The average Bonchev–Trinajstić information content (AvgIpc) is 3.18.